The summed E-state index contributed by atoms with van der Waals surface area (Å²) in [7, 11) is 11.0. The Morgan fingerprint density at radius 2 is 0.672 bits per heavy atom. The van der Waals surface area contributed by atoms with Crippen molar-refractivity contribution in [2.24, 2.45) is 0 Å². The van der Waals surface area contributed by atoms with Gasteiger partial charge in [-0.2, -0.15) is 12.1 Å². The fourth-order valence-corrected chi connectivity index (χ4v) is 8.24. The molecule has 6 aromatic rings. The molecule has 0 atom stereocenters. The summed E-state index contributed by atoms with van der Waals surface area (Å²) in [6, 6.07) is 33.5. The van der Waals surface area contributed by atoms with Crippen molar-refractivity contribution in [3.05, 3.63) is 129 Å². The van der Waals surface area contributed by atoms with E-state index in [0.717, 1.165) is 22.4 Å². The molecule has 0 spiro atoms. The van der Waals surface area contributed by atoms with Gasteiger partial charge in [-0.05, 0) is 78.7 Å². The molecule has 2 radical (unpaired) electrons. The van der Waals surface area contributed by atoms with Crippen LogP contribution < -0.4 is 0 Å². The van der Waals surface area contributed by atoms with Crippen LogP contribution in [0.15, 0.2) is 84.9 Å². The van der Waals surface area contributed by atoms with Gasteiger partial charge in [0, 0.05) is 9.52 Å². The molecule has 6 aromatic carbocycles. The predicted molar refractivity (Wildman–Crippen MR) is 290 cm³/mol. The molecule has 0 saturated carbocycles. The second-order valence-corrected chi connectivity index (χ2v) is 28.8. The molecule has 346 valence electrons. The van der Waals surface area contributed by atoms with Crippen molar-refractivity contribution >= 4 is 48.1 Å². The molecular formula is C60H84Cl2SiZr. The van der Waals surface area contributed by atoms with Crippen LogP contribution in [0.3, 0.4) is 0 Å². The van der Waals surface area contributed by atoms with E-state index in [1.807, 2.05) is 0 Å². The van der Waals surface area contributed by atoms with Gasteiger partial charge < -0.3 is 0 Å². The van der Waals surface area contributed by atoms with Crippen molar-refractivity contribution in [3.8, 4) is 22.3 Å². The number of rotatable bonds is 4. The third-order valence-corrected chi connectivity index (χ3v) is 12.2. The van der Waals surface area contributed by atoms with Crippen LogP contribution in [0, 0.1) is 0 Å². The topological polar surface area (TPSA) is 0 Å². The SMILES string of the molecule is CCc1cc2c(-c3cc(C(C)(C)C)cc(C(C)(C)C)c3)c(C(C)(C)C)ccc2[cH-]1.CCc1cc2c(-c3cc(C(C)(C)C)cc(C(C)(C)C)c3)c(C(C)(C)C)ccc2[cH-]1.C[Si]C.[Cl][Zr+2][Cl]. The van der Waals surface area contributed by atoms with E-state index in [1.165, 1.54) is 88.3 Å². The fourth-order valence-electron chi connectivity index (χ4n) is 8.24. The molecule has 0 saturated heterocycles. The van der Waals surface area contributed by atoms with Gasteiger partial charge in [-0.15, -0.1) is 69.1 Å². The van der Waals surface area contributed by atoms with Gasteiger partial charge in [0.25, 0.3) is 0 Å². The molecule has 0 N–H and O–H groups in total. The van der Waals surface area contributed by atoms with Crippen molar-refractivity contribution in [1.29, 1.82) is 0 Å². The number of hydrogen-bond acceptors (Lipinski definition) is 0. The summed E-state index contributed by atoms with van der Waals surface area (Å²) in [5.74, 6) is 0. The first-order valence-corrected chi connectivity index (χ1v) is 31.9. The van der Waals surface area contributed by atoms with Crippen molar-refractivity contribution in [1.82, 2.24) is 0 Å². The number of benzene rings is 4. The van der Waals surface area contributed by atoms with Crippen LogP contribution in [0.25, 0.3) is 43.8 Å². The van der Waals surface area contributed by atoms with Crippen LogP contribution in [-0.4, -0.2) is 9.52 Å². The minimum atomic E-state index is -0.826. The van der Waals surface area contributed by atoms with Gasteiger partial charge in [0.05, 0.1) is 0 Å². The summed E-state index contributed by atoms with van der Waals surface area (Å²) < 4.78 is 0. The monoisotopic (exact) mass is 992 g/mol. The van der Waals surface area contributed by atoms with Gasteiger partial charge in [-0.3, -0.25) is 0 Å². The Kier molecular flexibility index (Phi) is 19.1. The Labute approximate surface area is 414 Å². The first-order chi connectivity index (χ1) is 29.3. The second-order valence-electron chi connectivity index (χ2n) is 24.1. The first kappa shape index (κ1) is 56.1. The summed E-state index contributed by atoms with van der Waals surface area (Å²) in [6.45, 7) is 50.6. The Hall–Kier alpha value is -2.22. The van der Waals surface area contributed by atoms with Gasteiger partial charge in [0.2, 0.25) is 0 Å². The van der Waals surface area contributed by atoms with E-state index in [0.29, 0.717) is 0 Å². The van der Waals surface area contributed by atoms with Gasteiger partial charge in [0.15, 0.2) is 0 Å². The molecule has 0 aliphatic carbocycles. The Bertz CT molecular complexity index is 2210. The fraction of sp³-hybridized carbons (Fsp3) is 0.500. The van der Waals surface area contributed by atoms with Crippen LogP contribution in [0.5, 0.6) is 0 Å². The molecule has 0 nitrogen and oxygen atoms in total. The van der Waals surface area contributed by atoms with Crippen LogP contribution in [0.4, 0.5) is 0 Å². The zero-order valence-corrected chi connectivity index (χ0v) is 49.2. The predicted octanol–water partition coefficient (Wildman–Crippen LogP) is 19.5. The second kappa shape index (κ2) is 21.8. The van der Waals surface area contributed by atoms with Gasteiger partial charge in [0.1, 0.15) is 0 Å². The molecule has 0 unspecified atom stereocenters. The number of aryl methyl sites for hydroxylation is 2. The van der Waals surface area contributed by atoms with Gasteiger partial charge in [-0.25, -0.2) is 0 Å². The normalized spacial score (nSPS) is 12.5. The maximum absolute atomic E-state index is 4.93. The van der Waals surface area contributed by atoms with Crippen molar-refractivity contribution in [2.45, 2.75) is 197 Å². The molecule has 0 bridgehead atoms. The van der Waals surface area contributed by atoms with E-state index in [4.69, 9.17) is 17.0 Å². The summed E-state index contributed by atoms with van der Waals surface area (Å²) in [5.41, 5.74) is 17.6. The van der Waals surface area contributed by atoms with Crippen molar-refractivity contribution in [3.63, 3.8) is 0 Å². The Morgan fingerprint density at radius 1 is 0.422 bits per heavy atom. The quantitative estimate of drug-likeness (QED) is 0.122. The molecule has 4 heteroatoms. The summed E-state index contributed by atoms with van der Waals surface area (Å²) in [6.07, 6.45) is 2.16. The molecule has 0 aliphatic heterocycles. The summed E-state index contributed by atoms with van der Waals surface area (Å²) in [5, 5.41) is 5.53. The third-order valence-electron chi connectivity index (χ3n) is 12.2. The maximum atomic E-state index is 4.93. The number of halogens is 2. The van der Waals surface area contributed by atoms with E-state index >= 15 is 0 Å². The average Bonchev–Trinajstić information content (AvgIpc) is 3.80. The average molecular weight is 996 g/mol. The molecule has 64 heavy (non-hydrogen) atoms. The van der Waals surface area contributed by atoms with Crippen LogP contribution in [0.1, 0.15) is 183 Å². The molecule has 0 aromatic heterocycles. The molecule has 0 aliphatic rings. The number of hydrogen-bond donors (Lipinski definition) is 0. The van der Waals surface area contributed by atoms with E-state index in [-0.39, 0.29) is 32.5 Å². The Morgan fingerprint density at radius 3 is 0.875 bits per heavy atom. The zero-order chi connectivity index (χ0) is 49.0. The molecule has 6 rings (SSSR count). The zero-order valence-electron chi connectivity index (χ0n) is 44.3. The molecule has 0 fully saturated rings. The van der Waals surface area contributed by atoms with Gasteiger partial charge >= 0.3 is 37.9 Å². The van der Waals surface area contributed by atoms with E-state index < -0.39 is 20.8 Å². The van der Waals surface area contributed by atoms with E-state index in [2.05, 4.69) is 236 Å². The van der Waals surface area contributed by atoms with Crippen LogP contribution in [-0.2, 0) is 66.2 Å². The van der Waals surface area contributed by atoms with Gasteiger partial charge in [-0.1, -0.05) is 210 Å². The molecule has 0 amide bonds. The summed E-state index contributed by atoms with van der Waals surface area (Å²) >= 11 is -0.826. The first-order valence-electron chi connectivity index (χ1n) is 23.6. The molecular weight excluding hydrogens is 911 g/mol. The third kappa shape index (κ3) is 14.4. The standard InChI is InChI=1S/2C29H39.C2H6Si.2ClH.Zr/c2*1-11-19-14-20-12-13-25(29(8,9)10)26(24(20)15-19)21-16-22(27(2,3)4)18-23(17-21)28(5,6)7;1-3-2;;;/h2*12-18H,11H2,1-10H3;1-2H3;2*1H;/q2*-1;;;;+4/p-2. The number of fused-ring (bicyclic) bond motifs is 2. The van der Waals surface area contributed by atoms with E-state index in [1.54, 1.807) is 0 Å². The minimum absolute atomic E-state index is 0.0901. The van der Waals surface area contributed by atoms with Crippen LogP contribution in [0.2, 0.25) is 13.1 Å². The van der Waals surface area contributed by atoms with Crippen molar-refractivity contribution in [2.75, 3.05) is 0 Å². The van der Waals surface area contributed by atoms with Crippen molar-refractivity contribution < 1.29 is 20.8 Å². The van der Waals surface area contributed by atoms with E-state index in [9.17, 15) is 0 Å². The Balaban J connectivity index is 0.000000303. The van der Waals surface area contributed by atoms with Crippen LogP contribution >= 0.6 is 17.0 Å². The summed E-state index contributed by atoms with van der Waals surface area (Å²) in [4.78, 5) is 0. The molecule has 0 heterocycles.